The van der Waals surface area contributed by atoms with E-state index >= 15 is 0 Å². The van der Waals surface area contributed by atoms with Crippen LogP contribution in [-0.4, -0.2) is 58.5 Å². The topological polar surface area (TPSA) is 112 Å². The smallest absolute Gasteiger partial charge is 0.365 e. The number of benzene rings is 1. The number of rotatable bonds is 10. The number of alkyl halides is 3. The number of carbonyl (C=O) groups is 2. The third-order valence-electron chi connectivity index (χ3n) is 5.48. The van der Waals surface area contributed by atoms with Gasteiger partial charge in [-0.05, 0) is 24.8 Å². The standard InChI is InChI=1S/C24H27F3N4O5S/c1-3-17-18(35-14-37-2)12-19(36-17)31-13-16(10-7-11-28-22(33)24(25,26)27)20(30-23(31)34)29-21(32)15-8-5-4-6-9-15/h4-10,13,17-19H,3,11-12,14H2,1-2H3,(H,28,33)(H,29,30,32,34)/b10-7+/t17-,18-,19-/m1/s1. The fourth-order valence-electron chi connectivity index (χ4n) is 3.68. The number of amides is 2. The highest BCUT2D eigenvalue weighted by molar-refractivity contribution is 7.98. The largest absolute Gasteiger partial charge is 0.471 e. The Kier molecular flexibility index (Phi) is 9.89. The average Bonchev–Trinajstić information content (AvgIpc) is 3.29. The fourth-order valence-corrected chi connectivity index (χ4v) is 3.99. The molecule has 2 amide bonds. The molecule has 1 aromatic heterocycles. The van der Waals surface area contributed by atoms with Gasteiger partial charge in [0.05, 0.1) is 18.1 Å². The molecule has 0 spiro atoms. The highest BCUT2D eigenvalue weighted by Gasteiger charge is 2.38. The Balaban J connectivity index is 1.88. The van der Waals surface area contributed by atoms with Crippen molar-refractivity contribution in [1.82, 2.24) is 14.9 Å². The maximum absolute atomic E-state index is 12.9. The third kappa shape index (κ3) is 7.66. The molecule has 1 aliphatic rings. The second-order valence-corrected chi connectivity index (χ2v) is 8.86. The molecule has 1 fully saturated rings. The quantitative estimate of drug-likeness (QED) is 0.443. The molecule has 3 atom stereocenters. The van der Waals surface area contributed by atoms with Crippen molar-refractivity contribution in [2.24, 2.45) is 0 Å². The molecule has 1 saturated heterocycles. The van der Waals surface area contributed by atoms with Gasteiger partial charge in [-0.15, -0.1) is 11.8 Å². The van der Waals surface area contributed by atoms with E-state index in [1.165, 1.54) is 34.7 Å². The number of carbonyl (C=O) groups excluding carboxylic acids is 2. The van der Waals surface area contributed by atoms with E-state index in [1.807, 2.05) is 13.2 Å². The maximum atomic E-state index is 12.9. The minimum Gasteiger partial charge on any atom is -0.365 e. The van der Waals surface area contributed by atoms with Crippen LogP contribution in [-0.2, 0) is 14.3 Å². The van der Waals surface area contributed by atoms with E-state index in [0.717, 1.165) is 0 Å². The van der Waals surface area contributed by atoms with E-state index in [-0.39, 0.29) is 23.6 Å². The van der Waals surface area contributed by atoms with Crippen LogP contribution in [0.4, 0.5) is 19.0 Å². The zero-order chi connectivity index (χ0) is 27.0. The van der Waals surface area contributed by atoms with Gasteiger partial charge in [0.2, 0.25) is 0 Å². The van der Waals surface area contributed by atoms with Gasteiger partial charge < -0.3 is 20.1 Å². The van der Waals surface area contributed by atoms with Gasteiger partial charge in [-0.1, -0.05) is 37.3 Å². The fraction of sp³-hybridized carbons (Fsp3) is 0.417. The maximum Gasteiger partial charge on any atom is 0.471 e. The third-order valence-corrected chi connectivity index (χ3v) is 5.85. The van der Waals surface area contributed by atoms with Gasteiger partial charge >= 0.3 is 17.8 Å². The van der Waals surface area contributed by atoms with E-state index in [4.69, 9.17) is 9.47 Å². The minimum atomic E-state index is -5.01. The predicted molar refractivity (Wildman–Crippen MR) is 133 cm³/mol. The number of thioether (sulfide) groups is 1. The molecule has 2 heterocycles. The van der Waals surface area contributed by atoms with E-state index in [2.05, 4.69) is 10.3 Å². The molecule has 1 aliphatic heterocycles. The van der Waals surface area contributed by atoms with Crippen LogP contribution in [0.2, 0.25) is 0 Å². The molecule has 0 aliphatic carbocycles. The first-order valence-electron chi connectivity index (χ1n) is 11.4. The molecule has 13 heteroatoms. The Hall–Kier alpha value is -3.16. The Bertz CT molecular complexity index is 1170. The number of nitrogens with one attached hydrogen (secondary N) is 2. The van der Waals surface area contributed by atoms with Crippen molar-refractivity contribution in [3.05, 3.63) is 64.2 Å². The van der Waals surface area contributed by atoms with E-state index in [0.29, 0.717) is 24.3 Å². The molecule has 0 radical (unpaired) electrons. The van der Waals surface area contributed by atoms with Crippen molar-refractivity contribution in [3.8, 4) is 0 Å². The van der Waals surface area contributed by atoms with Crippen LogP contribution in [0.3, 0.4) is 0 Å². The summed E-state index contributed by atoms with van der Waals surface area (Å²) in [6.07, 6.45) is 0.802. The minimum absolute atomic E-state index is 0.0891. The van der Waals surface area contributed by atoms with Crippen molar-refractivity contribution in [3.63, 3.8) is 0 Å². The van der Waals surface area contributed by atoms with Gasteiger partial charge in [0.25, 0.3) is 5.91 Å². The van der Waals surface area contributed by atoms with Gasteiger partial charge in [-0.25, -0.2) is 4.79 Å². The van der Waals surface area contributed by atoms with Gasteiger partial charge in [-0.2, -0.15) is 18.2 Å². The molecule has 0 bridgehead atoms. The SMILES string of the molecule is CC[C@H]1O[C@@H](n2cc(/C=C/CNC(=O)C(F)(F)F)c(NC(=O)c3ccccc3)nc2=O)C[C@H]1OCSC. The number of halogens is 3. The van der Waals surface area contributed by atoms with Crippen LogP contribution in [0.5, 0.6) is 0 Å². The molecule has 200 valence electrons. The highest BCUT2D eigenvalue weighted by Crippen LogP contribution is 2.32. The van der Waals surface area contributed by atoms with Crippen molar-refractivity contribution >= 4 is 35.5 Å². The second kappa shape index (κ2) is 12.9. The molecule has 3 rings (SSSR count). The number of nitrogens with zero attached hydrogens (tertiary/aromatic N) is 2. The van der Waals surface area contributed by atoms with E-state index < -0.39 is 36.5 Å². The number of anilines is 1. The summed E-state index contributed by atoms with van der Waals surface area (Å²) in [5.41, 5.74) is -0.133. The van der Waals surface area contributed by atoms with Crippen molar-refractivity contribution in [1.29, 1.82) is 0 Å². The Morgan fingerprint density at radius 3 is 2.68 bits per heavy atom. The first-order valence-corrected chi connectivity index (χ1v) is 12.8. The van der Waals surface area contributed by atoms with Crippen LogP contribution < -0.4 is 16.3 Å². The lowest BCUT2D eigenvalue weighted by Crippen LogP contribution is -2.36. The molecule has 0 unspecified atom stereocenters. The summed E-state index contributed by atoms with van der Waals surface area (Å²) in [7, 11) is 0. The van der Waals surface area contributed by atoms with E-state index in [1.54, 1.807) is 35.6 Å². The Morgan fingerprint density at radius 2 is 2.03 bits per heavy atom. The van der Waals surface area contributed by atoms with Gasteiger partial charge in [0, 0.05) is 30.3 Å². The molecule has 2 N–H and O–H groups in total. The summed E-state index contributed by atoms with van der Waals surface area (Å²) >= 11 is 1.52. The summed E-state index contributed by atoms with van der Waals surface area (Å²) in [5.74, 6) is -2.24. The summed E-state index contributed by atoms with van der Waals surface area (Å²) in [5, 5.41) is 4.29. The summed E-state index contributed by atoms with van der Waals surface area (Å²) in [6, 6.07) is 8.22. The Morgan fingerprint density at radius 1 is 1.30 bits per heavy atom. The average molecular weight is 541 g/mol. The lowest BCUT2D eigenvalue weighted by molar-refractivity contribution is -0.173. The summed E-state index contributed by atoms with van der Waals surface area (Å²) in [4.78, 5) is 40.7. The van der Waals surface area contributed by atoms with E-state index in [9.17, 15) is 27.6 Å². The molecule has 37 heavy (non-hydrogen) atoms. The van der Waals surface area contributed by atoms with Crippen molar-refractivity contribution < 1.29 is 32.2 Å². The predicted octanol–water partition coefficient (Wildman–Crippen LogP) is 3.59. The van der Waals surface area contributed by atoms with Crippen LogP contribution in [0, 0.1) is 0 Å². The van der Waals surface area contributed by atoms with Gasteiger partial charge in [0.15, 0.2) is 0 Å². The van der Waals surface area contributed by atoms with Crippen LogP contribution in [0.15, 0.2) is 47.4 Å². The molecular weight excluding hydrogens is 513 g/mol. The second-order valence-electron chi connectivity index (χ2n) is 8.05. The molecule has 2 aromatic rings. The zero-order valence-corrected chi connectivity index (χ0v) is 21.0. The monoisotopic (exact) mass is 540 g/mol. The number of hydrogen-bond acceptors (Lipinski definition) is 7. The molecule has 0 saturated carbocycles. The lowest BCUT2D eigenvalue weighted by atomic mass is 10.1. The number of hydrogen-bond donors (Lipinski definition) is 2. The van der Waals surface area contributed by atoms with Crippen LogP contribution >= 0.6 is 11.8 Å². The molecule has 9 nitrogen and oxygen atoms in total. The first-order chi connectivity index (χ1) is 17.6. The first kappa shape index (κ1) is 28.4. The van der Waals surface area contributed by atoms with Crippen LogP contribution in [0.1, 0.15) is 41.9 Å². The van der Waals surface area contributed by atoms with Crippen LogP contribution in [0.25, 0.3) is 6.08 Å². The molecular formula is C24H27F3N4O5S. The van der Waals surface area contributed by atoms with Crippen molar-refractivity contribution in [2.45, 2.75) is 44.4 Å². The van der Waals surface area contributed by atoms with Crippen molar-refractivity contribution in [2.75, 3.05) is 24.1 Å². The highest BCUT2D eigenvalue weighted by atomic mass is 32.2. The Labute approximate surface area is 215 Å². The number of ether oxygens (including phenoxy) is 2. The van der Waals surface area contributed by atoms with Gasteiger partial charge in [0.1, 0.15) is 12.0 Å². The zero-order valence-electron chi connectivity index (χ0n) is 20.2. The van der Waals surface area contributed by atoms with Gasteiger partial charge in [-0.3, -0.25) is 14.2 Å². The lowest BCUT2D eigenvalue weighted by Gasteiger charge is -2.17. The molecule has 1 aromatic carbocycles. The summed E-state index contributed by atoms with van der Waals surface area (Å²) < 4.78 is 50.5. The summed E-state index contributed by atoms with van der Waals surface area (Å²) in [6.45, 7) is 1.50. The number of aromatic nitrogens is 2. The normalized spacial score (nSPS) is 19.8.